The van der Waals surface area contributed by atoms with Gasteiger partial charge in [0.05, 0.1) is 29.0 Å². The molecule has 2 aromatic carbocycles. The molecule has 3 aromatic rings. The maximum atomic E-state index is 13.4. The summed E-state index contributed by atoms with van der Waals surface area (Å²) in [4.78, 5) is 22.9. The van der Waals surface area contributed by atoms with Crippen LogP contribution in [0.15, 0.2) is 47.6 Å². The van der Waals surface area contributed by atoms with Crippen LogP contribution in [0.25, 0.3) is 5.69 Å². The molecule has 0 aliphatic carbocycles. The van der Waals surface area contributed by atoms with E-state index in [-0.39, 0.29) is 22.3 Å². The zero-order valence-corrected chi connectivity index (χ0v) is 15.9. The predicted octanol–water partition coefficient (Wildman–Crippen LogP) is 2.84. The molecule has 0 saturated heterocycles. The molecule has 1 N–H and O–H groups in total. The second kappa shape index (κ2) is 9.10. The lowest BCUT2D eigenvalue weighted by Gasteiger charge is -2.08. The van der Waals surface area contributed by atoms with Gasteiger partial charge in [-0.05, 0) is 47.7 Å². The van der Waals surface area contributed by atoms with Gasteiger partial charge in [-0.15, -0.1) is 5.10 Å². The van der Waals surface area contributed by atoms with Gasteiger partial charge in [-0.2, -0.15) is 4.68 Å². The minimum Gasteiger partial charge on any atom is -0.494 e. The monoisotopic (exact) mass is 418 g/mol. The molecular weight excluding hydrogens is 403 g/mol. The number of aromatic nitrogens is 4. The number of amides is 1. The highest BCUT2D eigenvalue weighted by Gasteiger charge is 2.18. The summed E-state index contributed by atoms with van der Waals surface area (Å²) in [6, 6.07) is 9.86. The van der Waals surface area contributed by atoms with Crippen LogP contribution < -0.4 is 10.1 Å². The number of carbonyl (C=O) groups is 1. The van der Waals surface area contributed by atoms with Gasteiger partial charge in [0.1, 0.15) is 17.3 Å². The van der Waals surface area contributed by atoms with Crippen LogP contribution in [0.3, 0.4) is 0 Å². The number of nitrogens with zero attached hydrogens (tertiary/aromatic N) is 5. The lowest BCUT2D eigenvalue weighted by molar-refractivity contribution is -0.384. The van der Waals surface area contributed by atoms with Crippen LogP contribution in [0.1, 0.15) is 6.92 Å². The van der Waals surface area contributed by atoms with Crippen molar-refractivity contribution in [1.29, 1.82) is 0 Å². The Morgan fingerprint density at radius 2 is 2.17 bits per heavy atom. The Kier molecular flexibility index (Phi) is 6.34. The van der Waals surface area contributed by atoms with Crippen molar-refractivity contribution in [3.8, 4) is 11.4 Å². The maximum absolute atomic E-state index is 13.4. The molecule has 1 amide bonds. The van der Waals surface area contributed by atoms with E-state index in [1.807, 2.05) is 0 Å². The fourth-order valence-corrected chi connectivity index (χ4v) is 3.07. The largest absolute Gasteiger partial charge is 0.494 e. The molecule has 1 heterocycles. The zero-order chi connectivity index (χ0) is 20.8. The number of rotatable bonds is 8. The first kappa shape index (κ1) is 20.2. The van der Waals surface area contributed by atoms with Crippen molar-refractivity contribution < 1.29 is 18.8 Å². The van der Waals surface area contributed by atoms with Crippen LogP contribution in [-0.2, 0) is 4.79 Å². The van der Waals surface area contributed by atoms with Gasteiger partial charge < -0.3 is 10.1 Å². The molecule has 0 saturated carbocycles. The van der Waals surface area contributed by atoms with Crippen LogP contribution >= 0.6 is 11.8 Å². The number of ether oxygens (including phenoxy) is 1. The van der Waals surface area contributed by atoms with Gasteiger partial charge in [-0.1, -0.05) is 17.8 Å². The number of benzene rings is 2. The molecule has 12 heteroatoms. The van der Waals surface area contributed by atoms with Gasteiger partial charge >= 0.3 is 0 Å². The lowest BCUT2D eigenvalue weighted by atomic mass is 10.2. The minimum absolute atomic E-state index is 0.0498. The number of tetrazole rings is 1. The van der Waals surface area contributed by atoms with Gasteiger partial charge in [0.15, 0.2) is 0 Å². The van der Waals surface area contributed by atoms with Crippen molar-refractivity contribution >= 4 is 29.0 Å². The minimum atomic E-state index is -0.601. The normalized spacial score (nSPS) is 10.6. The molecule has 0 radical (unpaired) electrons. The first-order chi connectivity index (χ1) is 14.0. The second-order valence-electron chi connectivity index (χ2n) is 5.56. The molecule has 1 aromatic heterocycles. The van der Waals surface area contributed by atoms with Gasteiger partial charge in [0.2, 0.25) is 11.1 Å². The van der Waals surface area contributed by atoms with Gasteiger partial charge in [0.25, 0.3) is 5.69 Å². The molecular formula is C17H15FN6O4S. The van der Waals surface area contributed by atoms with Crippen molar-refractivity contribution in [2.75, 3.05) is 17.7 Å². The highest BCUT2D eigenvalue weighted by Crippen LogP contribution is 2.29. The van der Waals surface area contributed by atoms with Crippen molar-refractivity contribution in [2.24, 2.45) is 0 Å². The third-order valence-electron chi connectivity index (χ3n) is 3.58. The molecule has 0 aliphatic heterocycles. The SMILES string of the molecule is CCOc1ccc(NC(=O)CSc2nnnn2-c2cccc(F)c2)c([N+](=O)[O-])c1. The highest BCUT2D eigenvalue weighted by molar-refractivity contribution is 7.99. The first-order valence-electron chi connectivity index (χ1n) is 8.36. The standard InChI is InChI=1S/C17H15FN6O4S/c1-2-28-13-6-7-14(15(9-13)24(26)27)19-16(25)10-29-17-20-21-22-23(17)12-5-3-4-11(18)8-12/h3-9H,2,10H2,1H3,(H,19,25). The average Bonchev–Trinajstić information content (AvgIpc) is 3.16. The maximum Gasteiger partial charge on any atom is 0.296 e. The molecule has 0 atom stereocenters. The highest BCUT2D eigenvalue weighted by atomic mass is 32.2. The Bertz CT molecular complexity index is 1040. The average molecular weight is 418 g/mol. The van der Waals surface area contributed by atoms with E-state index in [0.717, 1.165) is 11.8 Å². The number of nitrogens with one attached hydrogen (secondary N) is 1. The number of nitro benzene ring substituents is 1. The van der Waals surface area contributed by atoms with Crippen LogP contribution in [-0.4, -0.2) is 43.4 Å². The summed E-state index contributed by atoms with van der Waals surface area (Å²) in [5.41, 5.74) is 0.174. The molecule has 0 aliphatic rings. The molecule has 0 fully saturated rings. The molecule has 10 nitrogen and oxygen atoms in total. The van der Waals surface area contributed by atoms with Crippen LogP contribution in [0.4, 0.5) is 15.8 Å². The predicted molar refractivity (Wildman–Crippen MR) is 103 cm³/mol. The lowest BCUT2D eigenvalue weighted by Crippen LogP contribution is -2.15. The Balaban J connectivity index is 1.69. The van der Waals surface area contributed by atoms with Crippen molar-refractivity contribution in [3.63, 3.8) is 0 Å². The van der Waals surface area contributed by atoms with E-state index < -0.39 is 16.6 Å². The molecule has 3 rings (SSSR count). The molecule has 0 bridgehead atoms. The van der Waals surface area contributed by atoms with Crippen molar-refractivity contribution in [2.45, 2.75) is 12.1 Å². The number of carbonyl (C=O) groups excluding carboxylic acids is 1. The van der Waals surface area contributed by atoms with Gasteiger partial charge in [-0.25, -0.2) is 4.39 Å². The summed E-state index contributed by atoms with van der Waals surface area (Å²) in [5.74, 6) is -0.716. The third-order valence-corrected chi connectivity index (χ3v) is 4.50. The zero-order valence-electron chi connectivity index (χ0n) is 15.1. The van der Waals surface area contributed by atoms with Gasteiger partial charge in [0, 0.05) is 0 Å². The van der Waals surface area contributed by atoms with E-state index in [9.17, 15) is 19.3 Å². The van der Waals surface area contributed by atoms with Crippen LogP contribution in [0, 0.1) is 15.9 Å². The summed E-state index contributed by atoms with van der Waals surface area (Å²) in [6.07, 6.45) is 0. The van der Waals surface area contributed by atoms with Crippen molar-refractivity contribution in [3.05, 3.63) is 58.4 Å². The van der Waals surface area contributed by atoms with E-state index in [2.05, 4.69) is 20.8 Å². The van der Waals surface area contributed by atoms with Crippen molar-refractivity contribution in [1.82, 2.24) is 20.2 Å². The Labute approximate surface area is 168 Å². The van der Waals surface area contributed by atoms with E-state index in [1.165, 1.54) is 41.1 Å². The van der Waals surface area contributed by atoms with Crippen LogP contribution in [0.5, 0.6) is 5.75 Å². The number of hydrogen-bond acceptors (Lipinski definition) is 8. The summed E-state index contributed by atoms with van der Waals surface area (Å²) in [5, 5.41) is 25.2. The smallest absolute Gasteiger partial charge is 0.296 e. The Morgan fingerprint density at radius 1 is 1.34 bits per heavy atom. The molecule has 29 heavy (non-hydrogen) atoms. The van der Waals surface area contributed by atoms with E-state index in [1.54, 1.807) is 13.0 Å². The molecule has 150 valence electrons. The molecule has 0 unspecified atom stereocenters. The Morgan fingerprint density at radius 3 is 2.90 bits per heavy atom. The van der Waals surface area contributed by atoms with Gasteiger partial charge in [-0.3, -0.25) is 14.9 Å². The van der Waals surface area contributed by atoms with E-state index in [4.69, 9.17) is 4.74 Å². The summed E-state index contributed by atoms with van der Waals surface area (Å²) < 4.78 is 19.9. The second-order valence-corrected chi connectivity index (χ2v) is 6.50. The van der Waals surface area contributed by atoms with E-state index >= 15 is 0 Å². The fraction of sp³-hybridized carbons (Fsp3) is 0.176. The molecule has 0 spiro atoms. The summed E-state index contributed by atoms with van der Waals surface area (Å²) in [7, 11) is 0. The number of halogens is 1. The number of thioether (sulfide) groups is 1. The number of anilines is 1. The first-order valence-corrected chi connectivity index (χ1v) is 9.34. The van der Waals surface area contributed by atoms with E-state index in [0.29, 0.717) is 18.0 Å². The summed E-state index contributed by atoms with van der Waals surface area (Å²) >= 11 is 1.01. The fourth-order valence-electron chi connectivity index (χ4n) is 2.38. The third kappa shape index (κ3) is 5.04. The topological polar surface area (TPSA) is 125 Å². The van der Waals surface area contributed by atoms with Crippen LogP contribution in [0.2, 0.25) is 0 Å². The number of hydrogen-bond donors (Lipinski definition) is 1. The quantitative estimate of drug-likeness (QED) is 0.336. The summed E-state index contributed by atoms with van der Waals surface area (Å²) in [6.45, 7) is 2.12. The Hall–Kier alpha value is -3.54. The number of nitro groups is 1.